The van der Waals surface area contributed by atoms with E-state index in [4.69, 9.17) is 9.68 Å². The molecule has 4 aliphatic heterocycles. The van der Waals surface area contributed by atoms with Crippen molar-refractivity contribution in [2.45, 2.75) is 347 Å². The Morgan fingerprint density at radius 3 is 1.02 bits per heavy atom. The van der Waals surface area contributed by atoms with Crippen LogP contribution in [0.2, 0.25) is 0 Å². The summed E-state index contributed by atoms with van der Waals surface area (Å²) in [6, 6.07) is 2.01. The Kier molecular flexibility index (Phi) is 21.5. The Bertz CT molecular complexity index is 1270. The molecule has 0 aromatic carbocycles. The van der Waals surface area contributed by atoms with Crippen molar-refractivity contribution in [3.05, 3.63) is 0 Å². The maximum Gasteiger partial charge on any atom is 0.0685 e. The number of unbranched alkanes of at least 4 members (excludes halogenated alkanes) is 13. The highest BCUT2D eigenvalue weighted by molar-refractivity contribution is 5.09. The van der Waals surface area contributed by atoms with E-state index in [2.05, 4.69) is 155 Å². The highest BCUT2D eigenvalue weighted by atomic mass is 16.7. The molecule has 2 N–H and O–H groups in total. The van der Waals surface area contributed by atoms with Crippen LogP contribution in [0.15, 0.2) is 0 Å². The van der Waals surface area contributed by atoms with Crippen molar-refractivity contribution in [2.75, 3.05) is 26.3 Å². The van der Waals surface area contributed by atoms with E-state index < -0.39 is 0 Å². The third-order valence-electron chi connectivity index (χ3n) is 16.9. The summed E-state index contributed by atoms with van der Waals surface area (Å²) in [5.74, 6) is 0. The number of hydrogen-bond acceptors (Lipinski definition) is 8. The summed E-state index contributed by atoms with van der Waals surface area (Å²) < 4.78 is 0. The van der Waals surface area contributed by atoms with E-state index in [1.165, 1.54) is 154 Å². The predicted octanol–water partition coefficient (Wildman–Crippen LogP) is 14.4. The van der Waals surface area contributed by atoms with E-state index in [1.54, 1.807) is 0 Å². The van der Waals surface area contributed by atoms with Gasteiger partial charge in [0.05, 0.1) is 24.3 Å². The SMILES string of the molecule is CCCCCCCCON1C(C)(C)CCC(N(CCCCCCN(C2CC(C)(C)NC(C)(C)C2)C2CCC(C)(C)N(OCCCCCCCC)C2(C)C)C2CC(C)(C)NC(C)(C)C2)C1(C)C. The molecule has 0 bridgehead atoms. The summed E-state index contributed by atoms with van der Waals surface area (Å²) in [5.41, 5.74) is 0.283. The van der Waals surface area contributed by atoms with Gasteiger partial charge in [0.25, 0.3) is 0 Å². The molecule has 0 saturated carbocycles. The average molecular weight is 930 g/mol. The number of nitrogens with zero attached hydrogens (tertiary/aromatic N) is 4. The summed E-state index contributed by atoms with van der Waals surface area (Å²) in [7, 11) is 0. The van der Waals surface area contributed by atoms with Gasteiger partial charge in [-0.3, -0.25) is 19.5 Å². The second-order valence-electron chi connectivity index (χ2n) is 27.6. The highest BCUT2D eigenvalue weighted by Crippen LogP contribution is 2.46. The zero-order valence-corrected chi connectivity index (χ0v) is 47.7. The Hall–Kier alpha value is -0.320. The smallest absolute Gasteiger partial charge is 0.0685 e. The van der Waals surface area contributed by atoms with Crippen molar-refractivity contribution in [3.8, 4) is 0 Å². The van der Waals surface area contributed by atoms with E-state index in [1.807, 2.05) is 0 Å². The molecule has 4 rings (SSSR count). The molecule has 0 amide bonds. The first-order valence-electron chi connectivity index (χ1n) is 28.6. The summed E-state index contributed by atoms with van der Waals surface area (Å²) in [4.78, 5) is 19.9. The lowest BCUT2D eigenvalue weighted by molar-refractivity contribution is -0.298. The van der Waals surface area contributed by atoms with Crippen LogP contribution in [0.5, 0.6) is 0 Å². The molecule has 4 heterocycles. The number of piperidine rings is 4. The van der Waals surface area contributed by atoms with Crippen LogP contribution in [-0.4, -0.2) is 115 Å². The second-order valence-corrected chi connectivity index (χ2v) is 27.6. The van der Waals surface area contributed by atoms with Crippen molar-refractivity contribution in [1.82, 2.24) is 30.6 Å². The van der Waals surface area contributed by atoms with Crippen LogP contribution in [0.4, 0.5) is 0 Å². The van der Waals surface area contributed by atoms with Gasteiger partial charge in [-0.15, -0.1) is 0 Å². The maximum absolute atomic E-state index is 6.92. The fourth-order valence-corrected chi connectivity index (χ4v) is 14.8. The van der Waals surface area contributed by atoms with Gasteiger partial charge < -0.3 is 10.6 Å². The summed E-state index contributed by atoms with van der Waals surface area (Å²) in [5, 5.41) is 13.0. The average Bonchev–Trinajstić information content (AvgIpc) is 3.15. The predicted molar refractivity (Wildman–Crippen MR) is 285 cm³/mol. The first-order valence-corrected chi connectivity index (χ1v) is 28.6. The van der Waals surface area contributed by atoms with Crippen LogP contribution in [0.1, 0.15) is 279 Å². The zero-order valence-electron chi connectivity index (χ0n) is 47.7. The first-order chi connectivity index (χ1) is 30.6. The molecule has 0 radical (unpaired) electrons. The van der Waals surface area contributed by atoms with Crippen LogP contribution >= 0.6 is 0 Å². The minimum absolute atomic E-state index is 0.0188. The topological polar surface area (TPSA) is 55.5 Å². The van der Waals surface area contributed by atoms with Gasteiger partial charge in [-0.2, -0.15) is 10.1 Å². The molecule has 2 unspecified atom stereocenters. The molecule has 4 fully saturated rings. The minimum Gasteiger partial charge on any atom is -0.307 e. The van der Waals surface area contributed by atoms with Gasteiger partial charge in [0, 0.05) is 57.4 Å². The Morgan fingerprint density at radius 2 is 0.697 bits per heavy atom. The molecule has 0 aromatic heterocycles. The molecule has 0 aromatic rings. The molecule has 8 heteroatoms. The lowest BCUT2D eigenvalue weighted by Crippen LogP contribution is -2.71. The van der Waals surface area contributed by atoms with Crippen molar-refractivity contribution in [1.29, 1.82) is 0 Å². The molecule has 8 nitrogen and oxygen atoms in total. The highest BCUT2D eigenvalue weighted by Gasteiger charge is 2.54. The monoisotopic (exact) mass is 929 g/mol. The van der Waals surface area contributed by atoms with Gasteiger partial charge in [-0.25, -0.2) is 0 Å². The van der Waals surface area contributed by atoms with E-state index >= 15 is 0 Å². The van der Waals surface area contributed by atoms with Gasteiger partial charge in [-0.05, 0) is 201 Å². The molecule has 4 saturated heterocycles. The summed E-state index contributed by atoms with van der Waals surface area (Å²) in [6.45, 7) is 47.9. The van der Waals surface area contributed by atoms with Gasteiger partial charge in [-0.1, -0.05) is 90.9 Å². The Labute approximate surface area is 412 Å². The van der Waals surface area contributed by atoms with E-state index in [9.17, 15) is 0 Å². The van der Waals surface area contributed by atoms with Crippen LogP contribution in [0, 0.1) is 0 Å². The van der Waals surface area contributed by atoms with Crippen molar-refractivity contribution >= 4 is 0 Å². The van der Waals surface area contributed by atoms with Gasteiger partial charge in [0.2, 0.25) is 0 Å². The second kappa shape index (κ2) is 24.4. The number of rotatable bonds is 27. The van der Waals surface area contributed by atoms with Crippen LogP contribution in [0.25, 0.3) is 0 Å². The summed E-state index contributed by atoms with van der Waals surface area (Å²) in [6.07, 6.45) is 30.2. The maximum atomic E-state index is 6.92. The molecule has 0 aliphatic carbocycles. The lowest BCUT2D eigenvalue weighted by atomic mass is 9.74. The van der Waals surface area contributed by atoms with Crippen LogP contribution < -0.4 is 10.6 Å². The van der Waals surface area contributed by atoms with Crippen molar-refractivity contribution < 1.29 is 9.68 Å². The van der Waals surface area contributed by atoms with Crippen molar-refractivity contribution in [2.24, 2.45) is 0 Å². The van der Waals surface area contributed by atoms with Crippen LogP contribution in [0.3, 0.4) is 0 Å². The van der Waals surface area contributed by atoms with E-state index in [0.29, 0.717) is 24.2 Å². The fourth-order valence-electron chi connectivity index (χ4n) is 14.8. The lowest BCUT2D eigenvalue weighted by Gasteiger charge is -2.60. The standard InChI is InChI=1S/C58H116N6O2/c1-19-21-23-25-29-33-41-65-63-55(11,12)37-35-49(57(63,15)16)61(47-43-51(3,4)59-52(5,6)44-47)39-31-27-28-32-40-62(48-45-53(7,8)60-54(9,10)46-48)50-36-38-56(13,14)64(58(50,17)18)66-42-34-30-26-24-22-20-2/h47-50,59-60H,19-46H2,1-18H3. The third-order valence-corrected chi connectivity index (χ3v) is 16.9. The fraction of sp³-hybridized carbons (Fsp3) is 1.00. The van der Waals surface area contributed by atoms with Crippen LogP contribution in [-0.2, 0) is 9.68 Å². The summed E-state index contributed by atoms with van der Waals surface area (Å²) >= 11 is 0. The number of hydrogen-bond donors (Lipinski definition) is 2. The normalized spacial score (nSPS) is 27.5. The van der Waals surface area contributed by atoms with E-state index in [-0.39, 0.29) is 44.3 Å². The Morgan fingerprint density at radius 1 is 0.409 bits per heavy atom. The van der Waals surface area contributed by atoms with Crippen molar-refractivity contribution in [3.63, 3.8) is 0 Å². The minimum atomic E-state index is -0.0897. The Balaban J connectivity index is 1.49. The number of nitrogens with one attached hydrogen (secondary N) is 2. The number of hydroxylamine groups is 4. The quantitative estimate of drug-likeness (QED) is 0.0791. The third kappa shape index (κ3) is 16.6. The molecule has 2 atom stereocenters. The zero-order chi connectivity index (χ0) is 49.2. The molecule has 4 aliphatic rings. The van der Waals surface area contributed by atoms with Gasteiger partial charge >= 0.3 is 0 Å². The molecule has 0 spiro atoms. The molecule has 390 valence electrons. The molecular formula is C58H116N6O2. The van der Waals surface area contributed by atoms with Gasteiger partial charge in [0.1, 0.15) is 0 Å². The van der Waals surface area contributed by atoms with Gasteiger partial charge in [0.15, 0.2) is 0 Å². The largest absolute Gasteiger partial charge is 0.307 e. The first kappa shape index (κ1) is 58.3. The van der Waals surface area contributed by atoms with E-state index in [0.717, 1.165) is 26.1 Å². The molecule has 66 heavy (non-hydrogen) atoms. The molecular weight excluding hydrogens is 813 g/mol.